The van der Waals surface area contributed by atoms with Crippen molar-refractivity contribution in [1.29, 1.82) is 0 Å². The monoisotopic (exact) mass is 180 g/mol. The van der Waals surface area contributed by atoms with Gasteiger partial charge in [-0.15, -0.1) is 0 Å². The van der Waals surface area contributed by atoms with Gasteiger partial charge in [0.05, 0.1) is 6.10 Å². The van der Waals surface area contributed by atoms with Crippen LogP contribution >= 0.6 is 0 Å². The van der Waals surface area contributed by atoms with Gasteiger partial charge in [-0.3, -0.25) is 0 Å². The van der Waals surface area contributed by atoms with Crippen LogP contribution < -0.4 is 0 Å². The molecule has 1 unspecified atom stereocenters. The number of benzene rings is 1. The van der Waals surface area contributed by atoms with Crippen molar-refractivity contribution in [3.8, 4) is 0 Å². The molecule has 1 heterocycles. The van der Waals surface area contributed by atoms with E-state index in [1.807, 2.05) is 12.1 Å². The average Bonchev–Trinajstić information content (AvgIpc) is 2.62. The molecule has 1 aliphatic rings. The minimum atomic E-state index is -0.170. The van der Waals surface area contributed by atoms with Crippen LogP contribution in [0, 0.1) is 5.82 Å². The summed E-state index contributed by atoms with van der Waals surface area (Å²) in [5.41, 5.74) is 1.16. The highest BCUT2D eigenvalue weighted by atomic mass is 19.1. The number of ether oxygens (including phenoxy) is 1. The lowest BCUT2D eigenvalue weighted by molar-refractivity contribution is 0.111. The van der Waals surface area contributed by atoms with Crippen LogP contribution in [0.2, 0.25) is 0 Å². The smallest absolute Gasteiger partial charge is 0.123 e. The molecule has 1 nitrogen and oxygen atoms in total. The van der Waals surface area contributed by atoms with Crippen LogP contribution in [0.1, 0.15) is 18.4 Å². The Morgan fingerprint density at radius 2 is 2.08 bits per heavy atom. The molecule has 0 radical (unpaired) electrons. The largest absolute Gasteiger partial charge is 0.378 e. The Kier molecular flexibility index (Phi) is 2.60. The Labute approximate surface area is 77.5 Å². The summed E-state index contributed by atoms with van der Waals surface area (Å²) < 4.78 is 18.1. The molecule has 2 rings (SSSR count). The quantitative estimate of drug-likeness (QED) is 0.679. The molecule has 1 aromatic rings. The lowest BCUT2D eigenvalue weighted by Gasteiger charge is -2.08. The summed E-state index contributed by atoms with van der Waals surface area (Å²) in [6.45, 7) is 0.881. The van der Waals surface area contributed by atoms with Crippen molar-refractivity contribution in [2.75, 3.05) is 6.61 Å². The van der Waals surface area contributed by atoms with Gasteiger partial charge in [-0.25, -0.2) is 4.39 Å². The molecule has 0 N–H and O–H groups in total. The zero-order valence-electron chi connectivity index (χ0n) is 7.50. The van der Waals surface area contributed by atoms with Crippen LogP contribution in [-0.4, -0.2) is 12.7 Å². The normalized spacial score (nSPS) is 22.1. The summed E-state index contributed by atoms with van der Waals surface area (Å²) in [5.74, 6) is -0.170. The van der Waals surface area contributed by atoms with Crippen LogP contribution in [0.25, 0.3) is 0 Å². The van der Waals surface area contributed by atoms with E-state index in [9.17, 15) is 4.39 Å². The van der Waals surface area contributed by atoms with E-state index in [1.165, 1.54) is 12.1 Å². The molecule has 0 amide bonds. The number of hydrogen-bond donors (Lipinski definition) is 0. The van der Waals surface area contributed by atoms with Crippen molar-refractivity contribution in [2.45, 2.75) is 25.4 Å². The average molecular weight is 180 g/mol. The third-order valence-corrected chi connectivity index (χ3v) is 2.40. The van der Waals surface area contributed by atoms with Crippen molar-refractivity contribution in [2.24, 2.45) is 0 Å². The predicted octanol–water partition coefficient (Wildman–Crippen LogP) is 2.55. The Morgan fingerprint density at radius 3 is 2.69 bits per heavy atom. The molecule has 0 spiro atoms. The van der Waals surface area contributed by atoms with E-state index < -0.39 is 0 Å². The standard InChI is InChI=1S/C11H13FO/c12-10-5-3-9(4-6-10)8-11-2-1-7-13-11/h3-6,11H,1-2,7-8H2. The van der Waals surface area contributed by atoms with E-state index in [4.69, 9.17) is 4.74 Å². The molecular formula is C11H13FO. The molecule has 1 aliphatic heterocycles. The summed E-state index contributed by atoms with van der Waals surface area (Å²) in [5, 5.41) is 0. The fourth-order valence-corrected chi connectivity index (χ4v) is 1.69. The molecule has 1 fully saturated rings. The van der Waals surface area contributed by atoms with Gasteiger partial charge in [0.1, 0.15) is 5.82 Å². The van der Waals surface area contributed by atoms with Crippen LogP contribution in [-0.2, 0) is 11.2 Å². The fourth-order valence-electron chi connectivity index (χ4n) is 1.69. The SMILES string of the molecule is Fc1ccc(CC2CCCO2)cc1. The minimum absolute atomic E-state index is 0.170. The summed E-state index contributed by atoms with van der Waals surface area (Å²) in [7, 11) is 0. The van der Waals surface area contributed by atoms with Gasteiger partial charge in [0.2, 0.25) is 0 Å². The first-order valence-electron chi connectivity index (χ1n) is 4.70. The molecule has 13 heavy (non-hydrogen) atoms. The first-order chi connectivity index (χ1) is 6.34. The molecular weight excluding hydrogens is 167 g/mol. The highest BCUT2D eigenvalue weighted by Gasteiger charge is 2.15. The topological polar surface area (TPSA) is 9.23 Å². The van der Waals surface area contributed by atoms with Gasteiger partial charge in [0.15, 0.2) is 0 Å². The third-order valence-electron chi connectivity index (χ3n) is 2.40. The molecule has 1 aromatic carbocycles. The van der Waals surface area contributed by atoms with E-state index in [0.29, 0.717) is 6.10 Å². The molecule has 0 aliphatic carbocycles. The van der Waals surface area contributed by atoms with E-state index in [-0.39, 0.29) is 5.82 Å². The summed E-state index contributed by atoms with van der Waals surface area (Å²) in [4.78, 5) is 0. The Morgan fingerprint density at radius 1 is 1.31 bits per heavy atom. The van der Waals surface area contributed by atoms with Gasteiger partial charge < -0.3 is 4.74 Å². The minimum Gasteiger partial charge on any atom is -0.378 e. The molecule has 0 aromatic heterocycles. The summed E-state index contributed by atoms with van der Waals surface area (Å²) >= 11 is 0. The van der Waals surface area contributed by atoms with Gasteiger partial charge >= 0.3 is 0 Å². The van der Waals surface area contributed by atoms with Gasteiger partial charge in [-0.2, -0.15) is 0 Å². The molecule has 1 atom stereocenters. The second-order valence-electron chi connectivity index (χ2n) is 3.47. The first kappa shape index (κ1) is 8.70. The van der Waals surface area contributed by atoms with E-state index in [0.717, 1.165) is 31.4 Å². The van der Waals surface area contributed by atoms with Gasteiger partial charge in [-0.05, 0) is 37.0 Å². The number of rotatable bonds is 2. The fraction of sp³-hybridized carbons (Fsp3) is 0.455. The molecule has 1 saturated heterocycles. The summed E-state index contributed by atoms with van der Waals surface area (Å²) in [6.07, 6.45) is 3.56. The van der Waals surface area contributed by atoms with Crippen molar-refractivity contribution < 1.29 is 9.13 Å². The van der Waals surface area contributed by atoms with Gasteiger partial charge in [0, 0.05) is 6.61 Å². The van der Waals surface area contributed by atoms with Crippen LogP contribution in [0.3, 0.4) is 0 Å². The van der Waals surface area contributed by atoms with Crippen LogP contribution in [0.15, 0.2) is 24.3 Å². The predicted molar refractivity (Wildman–Crippen MR) is 49.1 cm³/mol. The van der Waals surface area contributed by atoms with E-state index in [1.54, 1.807) is 0 Å². The zero-order chi connectivity index (χ0) is 9.10. The maximum atomic E-state index is 12.6. The molecule has 0 bridgehead atoms. The van der Waals surface area contributed by atoms with Crippen LogP contribution in [0.4, 0.5) is 4.39 Å². The lowest BCUT2D eigenvalue weighted by atomic mass is 10.1. The number of hydrogen-bond acceptors (Lipinski definition) is 1. The molecule has 70 valence electrons. The first-order valence-corrected chi connectivity index (χ1v) is 4.70. The van der Waals surface area contributed by atoms with Crippen LogP contribution in [0.5, 0.6) is 0 Å². The molecule has 0 saturated carbocycles. The van der Waals surface area contributed by atoms with Gasteiger partial charge in [-0.1, -0.05) is 12.1 Å². The summed E-state index contributed by atoms with van der Waals surface area (Å²) in [6, 6.07) is 6.67. The highest BCUT2D eigenvalue weighted by molar-refractivity contribution is 5.16. The maximum absolute atomic E-state index is 12.6. The second kappa shape index (κ2) is 3.88. The van der Waals surface area contributed by atoms with Crippen molar-refractivity contribution in [3.05, 3.63) is 35.6 Å². The highest BCUT2D eigenvalue weighted by Crippen LogP contribution is 2.17. The van der Waals surface area contributed by atoms with Crippen molar-refractivity contribution in [3.63, 3.8) is 0 Å². The Bertz CT molecular complexity index is 262. The van der Waals surface area contributed by atoms with Crippen molar-refractivity contribution >= 4 is 0 Å². The third kappa shape index (κ3) is 2.28. The Balaban J connectivity index is 1.97. The second-order valence-corrected chi connectivity index (χ2v) is 3.47. The number of halogens is 1. The van der Waals surface area contributed by atoms with E-state index >= 15 is 0 Å². The Hall–Kier alpha value is -0.890. The maximum Gasteiger partial charge on any atom is 0.123 e. The van der Waals surface area contributed by atoms with Crippen molar-refractivity contribution in [1.82, 2.24) is 0 Å². The zero-order valence-corrected chi connectivity index (χ0v) is 7.50. The van der Waals surface area contributed by atoms with Gasteiger partial charge in [0.25, 0.3) is 0 Å². The molecule has 2 heteroatoms. The van der Waals surface area contributed by atoms with E-state index in [2.05, 4.69) is 0 Å². The lowest BCUT2D eigenvalue weighted by Crippen LogP contribution is -2.08.